The van der Waals surface area contributed by atoms with Crippen LogP contribution in [0, 0.1) is 11.8 Å². The summed E-state index contributed by atoms with van der Waals surface area (Å²) in [6.07, 6.45) is 8.72. The quantitative estimate of drug-likeness (QED) is 0.900. The fourth-order valence-electron chi connectivity index (χ4n) is 4.21. The zero-order valence-corrected chi connectivity index (χ0v) is 14.5. The van der Waals surface area contributed by atoms with Gasteiger partial charge in [-0.25, -0.2) is 0 Å². The molecule has 3 aliphatic rings. The minimum absolute atomic E-state index is 0.103. The second-order valence-corrected chi connectivity index (χ2v) is 7.92. The Balaban J connectivity index is 1.30. The van der Waals surface area contributed by atoms with E-state index in [2.05, 4.69) is 17.1 Å². The number of furan rings is 1. The molecule has 5 nitrogen and oxygen atoms in total. The average Bonchev–Trinajstić information content (AvgIpc) is 3.07. The highest BCUT2D eigenvalue weighted by molar-refractivity contribution is 5.81. The zero-order valence-electron chi connectivity index (χ0n) is 14.5. The van der Waals surface area contributed by atoms with Crippen molar-refractivity contribution < 1.29 is 13.9 Å². The van der Waals surface area contributed by atoms with Gasteiger partial charge >= 0.3 is 0 Å². The van der Waals surface area contributed by atoms with Crippen LogP contribution in [0.3, 0.4) is 0 Å². The molecule has 5 heteroatoms. The van der Waals surface area contributed by atoms with Crippen molar-refractivity contribution in [2.45, 2.75) is 57.3 Å². The summed E-state index contributed by atoms with van der Waals surface area (Å²) in [5.74, 6) is 1.26. The van der Waals surface area contributed by atoms with Crippen molar-refractivity contribution in [2.24, 2.45) is 11.8 Å². The highest BCUT2D eigenvalue weighted by Gasteiger charge is 2.48. The van der Waals surface area contributed by atoms with Crippen molar-refractivity contribution >= 4 is 5.91 Å². The second-order valence-electron chi connectivity index (χ2n) is 7.92. The van der Waals surface area contributed by atoms with Crippen LogP contribution in [-0.4, -0.2) is 42.1 Å². The molecule has 4 rings (SSSR count). The summed E-state index contributed by atoms with van der Waals surface area (Å²) in [5, 5.41) is 3.08. The van der Waals surface area contributed by atoms with Crippen LogP contribution in [0.5, 0.6) is 0 Å². The van der Waals surface area contributed by atoms with E-state index >= 15 is 0 Å². The summed E-state index contributed by atoms with van der Waals surface area (Å²) in [5.41, 5.74) is 1.12. The topological polar surface area (TPSA) is 54.7 Å². The summed E-state index contributed by atoms with van der Waals surface area (Å²) < 4.78 is 11.5. The first-order chi connectivity index (χ1) is 11.6. The first-order valence-electron chi connectivity index (χ1n) is 9.33. The minimum atomic E-state index is -0.244. The Morgan fingerprint density at radius 3 is 2.96 bits per heavy atom. The van der Waals surface area contributed by atoms with Crippen LogP contribution in [0.1, 0.15) is 44.6 Å². The van der Waals surface area contributed by atoms with Gasteiger partial charge in [0, 0.05) is 31.7 Å². The highest BCUT2D eigenvalue weighted by atomic mass is 16.5. The molecule has 0 aromatic carbocycles. The van der Waals surface area contributed by atoms with Crippen molar-refractivity contribution in [3.8, 4) is 0 Å². The molecule has 0 radical (unpaired) electrons. The van der Waals surface area contributed by atoms with E-state index in [4.69, 9.17) is 9.15 Å². The van der Waals surface area contributed by atoms with E-state index in [-0.39, 0.29) is 17.6 Å². The van der Waals surface area contributed by atoms with Crippen LogP contribution in [0.2, 0.25) is 0 Å². The molecular formula is C19H28N2O3. The maximum atomic E-state index is 12.3. The molecule has 2 saturated heterocycles. The summed E-state index contributed by atoms with van der Waals surface area (Å²) in [6.45, 7) is 6.07. The van der Waals surface area contributed by atoms with Crippen molar-refractivity contribution in [2.75, 3.05) is 19.6 Å². The van der Waals surface area contributed by atoms with E-state index in [1.165, 1.54) is 18.4 Å². The highest BCUT2D eigenvalue weighted by Crippen LogP contribution is 2.42. The number of carbonyl (C=O) groups is 1. The van der Waals surface area contributed by atoms with Crippen molar-refractivity contribution in [1.29, 1.82) is 0 Å². The van der Waals surface area contributed by atoms with Crippen molar-refractivity contribution in [3.05, 3.63) is 24.2 Å². The predicted octanol–water partition coefficient (Wildman–Crippen LogP) is 2.57. The number of hydrogen-bond acceptors (Lipinski definition) is 4. The standard InChI is InChI=1S/C19H28N2O3/c1-14-11-21(12-16-5-9-23-13-16)8-7-19(14)6-4-17(24-19)18(22)20-10-15-2-3-15/h5,9,13-15,17H,2-4,6-8,10-12H2,1H3,(H,20,22)/t14-,17+,19-/m1/s1. The smallest absolute Gasteiger partial charge is 0.249 e. The van der Waals surface area contributed by atoms with Gasteiger partial charge in [-0.05, 0) is 50.0 Å². The third-order valence-corrected chi connectivity index (χ3v) is 6.03. The number of ether oxygens (including phenoxy) is 1. The molecule has 1 spiro atoms. The first kappa shape index (κ1) is 16.2. The molecule has 1 aromatic heterocycles. The molecule has 3 heterocycles. The van der Waals surface area contributed by atoms with Crippen molar-refractivity contribution in [1.82, 2.24) is 10.2 Å². The van der Waals surface area contributed by atoms with E-state index < -0.39 is 0 Å². The lowest BCUT2D eigenvalue weighted by molar-refractivity contribution is -0.147. The molecule has 1 amide bonds. The molecule has 24 heavy (non-hydrogen) atoms. The van der Waals surface area contributed by atoms with Crippen LogP contribution in [0.15, 0.2) is 23.0 Å². The van der Waals surface area contributed by atoms with E-state index in [0.717, 1.165) is 51.4 Å². The van der Waals surface area contributed by atoms with Crippen LogP contribution in [0.25, 0.3) is 0 Å². The number of rotatable bonds is 5. The summed E-state index contributed by atoms with van der Waals surface area (Å²) >= 11 is 0. The second kappa shape index (κ2) is 6.52. The Bertz CT molecular complexity index is 569. The van der Waals surface area contributed by atoms with E-state index in [0.29, 0.717) is 5.92 Å². The van der Waals surface area contributed by atoms with Gasteiger partial charge in [-0.3, -0.25) is 9.69 Å². The summed E-state index contributed by atoms with van der Waals surface area (Å²) in [4.78, 5) is 14.8. The average molecular weight is 332 g/mol. The number of carbonyl (C=O) groups excluding carboxylic acids is 1. The Hall–Kier alpha value is -1.33. The van der Waals surface area contributed by atoms with Crippen molar-refractivity contribution in [3.63, 3.8) is 0 Å². The maximum Gasteiger partial charge on any atom is 0.249 e. The van der Waals surface area contributed by atoms with Gasteiger partial charge in [0.2, 0.25) is 5.91 Å². The monoisotopic (exact) mass is 332 g/mol. The van der Waals surface area contributed by atoms with E-state index in [1.54, 1.807) is 6.26 Å². The SMILES string of the molecule is C[C@@H]1CN(Cc2ccoc2)CC[C@]12CC[C@@H](C(=O)NCC1CC1)O2. The van der Waals surface area contributed by atoms with Gasteiger partial charge in [0.15, 0.2) is 0 Å². The van der Waals surface area contributed by atoms with Gasteiger partial charge in [0.1, 0.15) is 6.10 Å². The molecule has 2 aliphatic heterocycles. The largest absolute Gasteiger partial charge is 0.472 e. The molecule has 1 aromatic rings. The molecule has 1 aliphatic carbocycles. The molecule has 1 saturated carbocycles. The number of piperidine rings is 1. The predicted molar refractivity (Wildman–Crippen MR) is 90.3 cm³/mol. The van der Waals surface area contributed by atoms with Crippen LogP contribution in [-0.2, 0) is 16.1 Å². The Kier molecular flexibility index (Phi) is 4.39. The number of likely N-dealkylation sites (tertiary alicyclic amines) is 1. The van der Waals surface area contributed by atoms with Gasteiger partial charge in [0.25, 0.3) is 0 Å². The third kappa shape index (κ3) is 3.38. The zero-order chi connectivity index (χ0) is 16.6. The lowest BCUT2D eigenvalue weighted by Gasteiger charge is -2.44. The van der Waals surface area contributed by atoms with E-state index in [9.17, 15) is 4.79 Å². The Morgan fingerprint density at radius 1 is 1.38 bits per heavy atom. The van der Waals surface area contributed by atoms with E-state index in [1.807, 2.05) is 12.3 Å². The van der Waals surface area contributed by atoms with Crippen LogP contribution >= 0.6 is 0 Å². The number of hydrogen-bond donors (Lipinski definition) is 1. The molecule has 0 bridgehead atoms. The minimum Gasteiger partial charge on any atom is -0.472 e. The fourth-order valence-corrected chi connectivity index (χ4v) is 4.21. The molecule has 3 fully saturated rings. The number of nitrogens with one attached hydrogen (secondary N) is 1. The molecular weight excluding hydrogens is 304 g/mol. The Labute approximate surface area is 143 Å². The van der Waals surface area contributed by atoms with Gasteiger partial charge in [0.05, 0.1) is 18.1 Å². The number of amides is 1. The van der Waals surface area contributed by atoms with Gasteiger partial charge in [-0.1, -0.05) is 6.92 Å². The lowest BCUT2D eigenvalue weighted by Crippen LogP contribution is -2.51. The van der Waals surface area contributed by atoms with Gasteiger partial charge < -0.3 is 14.5 Å². The summed E-state index contributed by atoms with van der Waals surface area (Å²) in [7, 11) is 0. The number of nitrogens with zero attached hydrogens (tertiary/aromatic N) is 1. The lowest BCUT2D eigenvalue weighted by atomic mass is 9.80. The summed E-state index contributed by atoms with van der Waals surface area (Å²) in [6, 6.07) is 2.03. The van der Waals surface area contributed by atoms with Gasteiger partial charge in [-0.2, -0.15) is 0 Å². The molecule has 3 atom stereocenters. The van der Waals surface area contributed by atoms with Crippen LogP contribution in [0.4, 0.5) is 0 Å². The van der Waals surface area contributed by atoms with Gasteiger partial charge in [-0.15, -0.1) is 0 Å². The van der Waals surface area contributed by atoms with Crippen LogP contribution < -0.4 is 5.32 Å². The normalized spacial score (nSPS) is 33.9. The maximum absolute atomic E-state index is 12.3. The molecule has 1 N–H and O–H groups in total. The Morgan fingerprint density at radius 2 is 2.25 bits per heavy atom. The molecule has 132 valence electrons. The third-order valence-electron chi connectivity index (χ3n) is 6.03. The fraction of sp³-hybridized carbons (Fsp3) is 0.737. The first-order valence-corrected chi connectivity index (χ1v) is 9.33. The molecule has 0 unspecified atom stereocenters.